The Labute approximate surface area is 118 Å². The van der Waals surface area contributed by atoms with Gasteiger partial charge in [0.25, 0.3) is 0 Å². The van der Waals surface area contributed by atoms with Gasteiger partial charge in [0.1, 0.15) is 11.0 Å². The summed E-state index contributed by atoms with van der Waals surface area (Å²) in [7, 11) is 2.59. The summed E-state index contributed by atoms with van der Waals surface area (Å²) < 4.78 is 15.6. The molecule has 0 fully saturated rings. The zero-order valence-corrected chi connectivity index (χ0v) is 11.3. The van der Waals surface area contributed by atoms with Crippen molar-refractivity contribution in [1.29, 1.82) is 0 Å². The van der Waals surface area contributed by atoms with E-state index in [9.17, 15) is 15.0 Å². The minimum absolute atomic E-state index is 0.0306. The fraction of sp³-hybridized carbons (Fsp3) is 0.133. The molecule has 0 saturated heterocycles. The molecular formula is C15H12O6. The number of phenolic OH excluding ortho intramolecular Hbond substituents is 2. The molecule has 6 nitrogen and oxygen atoms in total. The minimum Gasteiger partial charge on any atom is -0.504 e. The maximum Gasteiger partial charge on any atom is 0.208 e. The maximum atomic E-state index is 12.5. The Hall–Kier alpha value is -2.89. The third-order valence-corrected chi connectivity index (χ3v) is 3.29. The van der Waals surface area contributed by atoms with E-state index >= 15 is 0 Å². The van der Waals surface area contributed by atoms with Crippen LogP contribution < -0.4 is 14.9 Å². The second-order valence-corrected chi connectivity index (χ2v) is 4.40. The first-order valence-corrected chi connectivity index (χ1v) is 6.11. The zero-order chi connectivity index (χ0) is 15.1. The van der Waals surface area contributed by atoms with Crippen LogP contribution in [0.25, 0.3) is 21.9 Å². The Kier molecular flexibility index (Phi) is 2.86. The summed E-state index contributed by atoms with van der Waals surface area (Å²) in [6.45, 7) is 0. The smallest absolute Gasteiger partial charge is 0.208 e. The highest BCUT2D eigenvalue weighted by atomic mass is 16.5. The van der Waals surface area contributed by atoms with Crippen molar-refractivity contribution in [3.05, 3.63) is 34.5 Å². The number of methoxy groups -OCH3 is 2. The van der Waals surface area contributed by atoms with Gasteiger partial charge in [-0.3, -0.25) is 4.79 Å². The van der Waals surface area contributed by atoms with Gasteiger partial charge in [-0.25, -0.2) is 0 Å². The molecule has 0 atom stereocenters. The van der Waals surface area contributed by atoms with Crippen molar-refractivity contribution in [2.75, 3.05) is 14.2 Å². The van der Waals surface area contributed by atoms with Crippen LogP contribution in [0.4, 0.5) is 0 Å². The first-order chi connectivity index (χ1) is 10.1. The highest BCUT2D eigenvalue weighted by Gasteiger charge is 2.25. The van der Waals surface area contributed by atoms with Gasteiger partial charge in [0.05, 0.1) is 19.6 Å². The summed E-state index contributed by atoms with van der Waals surface area (Å²) in [5.41, 5.74) is -0.129. The van der Waals surface area contributed by atoms with Crippen molar-refractivity contribution in [3.8, 4) is 23.0 Å². The lowest BCUT2D eigenvalue weighted by molar-refractivity contribution is 0.324. The SMILES string of the molecule is COc1c(O)c(OC)c2oc3ccccc3c(=O)c2c1O. The Bertz CT molecular complexity index is 910. The number of rotatable bonds is 2. The van der Waals surface area contributed by atoms with Crippen LogP contribution in [0.5, 0.6) is 23.0 Å². The van der Waals surface area contributed by atoms with Crippen LogP contribution in [0.15, 0.2) is 33.5 Å². The highest BCUT2D eigenvalue weighted by molar-refractivity contribution is 5.99. The van der Waals surface area contributed by atoms with Crippen molar-refractivity contribution >= 4 is 21.9 Å². The molecule has 0 spiro atoms. The number of hydrogen-bond acceptors (Lipinski definition) is 6. The monoisotopic (exact) mass is 288 g/mol. The molecule has 0 aliphatic carbocycles. The summed E-state index contributed by atoms with van der Waals surface area (Å²) in [6, 6.07) is 6.61. The number of ether oxygens (including phenoxy) is 2. The third kappa shape index (κ3) is 1.69. The normalized spacial score (nSPS) is 11.0. The molecule has 3 rings (SSSR count). The molecule has 3 aromatic rings. The first-order valence-electron chi connectivity index (χ1n) is 6.11. The van der Waals surface area contributed by atoms with Gasteiger partial charge in [0, 0.05) is 0 Å². The van der Waals surface area contributed by atoms with E-state index < -0.39 is 16.9 Å². The van der Waals surface area contributed by atoms with E-state index in [-0.39, 0.29) is 22.5 Å². The van der Waals surface area contributed by atoms with Crippen molar-refractivity contribution in [1.82, 2.24) is 0 Å². The van der Waals surface area contributed by atoms with E-state index in [1.165, 1.54) is 14.2 Å². The summed E-state index contributed by atoms with van der Waals surface area (Å²) in [6.07, 6.45) is 0. The van der Waals surface area contributed by atoms with E-state index in [1.807, 2.05) is 0 Å². The predicted octanol–water partition coefficient (Wildman–Crippen LogP) is 2.37. The number of hydrogen-bond donors (Lipinski definition) is 2. The Morgan fingerprint density at radius 2 is 1.67 bits per heavy atom. The molecule has 0 unspecified atom stereocenters. The number of aromatic hydroxyl groups is 2. The predicted molar refractivity (Wildman–Crippen MR) is 76.4 cm³/mol. The average molecular weight is 288 g/mol. The van der Waals surface area contributed by atoms with Gasteiger partial charge >= 0.3 is 0 Å². The number of fused-ring (bicyclic) bond motifs is 2. The summed E-state index contributed by atoms with van der Waals surface area (Å²) in [5, 5.41) is 20.5. The molecule has 0 amide bonds. The van der Waals surface area contributed by atoms with Gasteiger partial charge in [-0.1, -0.05) is 12.1 Å². The van der Waals surface area contributed by atoms with Crippen LogP contribution in [-0.2, 0) is 0 Å². The van der Waals surface area contributed by atoms with E-state index in [2.05, 4.69) is 0 Å². The molecule has 2 N–H and O–H groups in total. The largest absolute Gasteiger partial charge is 0.504 e. The van der Waals surface area contributed by atoms with E-state index in [1.54, 1.807) is 24.3 Å². The zero-order valence-electron chi connectivity index (χ0n) is 11.3. The Morgan fingerprint density at radius 3 is 2.33 bits per heavy atom. The second-order valence-electron chi connectivity index (χ2n) is 4.40. The molecule has 108 valence electrons. The molecule has 1 heterocycles. The van der Waals surface area contributed by atoms with Crippen LogP contribution in [0.1, 0.15) is 0 Å². The fourth-order valence-electron chi connectivity index (χ4n) is 2.34. The average Bonchev–Trinajstić information content (AvgIpc) is 2.48. The van der Waals surface area contributed by atoms with Crippen molar-refractivity contribution in [2.24, 2.45) is 0 Å². The topological polar surface area (TPSA) is 89.1 Å². The Morgan fingerprint density at radius 1 is 1.00 bits per heavy atom. The highest BCUT2D eigenvalue weighted by Crippen LogP contribution is 2.49. The van der Waals surface area contributed by atoms with Gasteiger partial charge in [0.15, 0.2) is 11.3 Å². The molecule has 0 bridgehead atoms. The number of benzene rings is 2. The van der Waals surface area contributed by atoms with Gasteiger partial charge in [-0.2, -0.15) is 0 Å². The van der Waals surface area contributed by atoms with Crippen molar-refractivity contribution in [2.45, 2.75) is 0 Å². The van der Waals surface area contributed by atoms with Crippen molar-refractivity contribution in [3.63, 3.8) is 0 Å². The molecular weight excluding hydrogens is 276 g/mol. The molecule has 0 radical (unpaired) electrons. The lowest BCUT2D eigenvalue weighted by Gasteiger charge is -2.13. The molecule has 6 heteroatoms. The van der Waals surface area contributed by atoms with E-state index in [0.29, 0.717) is 11.0 Å². The van der Waals surface area contributed by atoms with Gasteiger partial charge < -0.3 is 24.1 Å². The molecule has 21 heavy (non-hydrogen) atoms. The summed E-state index contributed by atoms with van der Waals surface area (Å²) >= 11 is 0. The van der Waals surface area contributed by atoms with Gasteiger partial charge in [-0.05, 0) is 12.1 Å². The lowest BCUT2D eigenvalue weighted by Crippen LogP contribution is -2.04. The standard InChI is InChI=1S/C15H12O6/c1-19-14-11(17)9-10(16)7-5-3-4-6-8(7)21-13(9)15(20-2)12(14)18/h3-6,17-18H,1-2H3. The quantitative estimate of drug-likeness (QED) is 0.704. The van der Waals surface area contributed by atoms with E-state index in [4.69, 9.17) is 13.9 Å². The van der Waals surface area contributed by atoms with Crippen LogP contribution in [0.2, 0.25) is 0 Å². The van der Waals surface area contributed by atoms with E-state index in [0.717, 1.165) is 0 Å². The maximum absolute atomic E-state index is 12.5. The molecule has 0 aliphatic heterocycles. The molecule has 2 aromatic carbocycles. The molecule has 0 aliphatic rings. The van der Waals surface area contributed by atoms with Crippen LogP contribution in [-0.4, -0.2) is 24.4 Å². The third-order valence-electron chi connectivity index (χ3n) is 3.29. The van der Waals surface area contributed by atoms with Gasteiger partial charge in [0.2, 0.25) is 22.7 Å². The van der Waals surface area contributed by atoms with Crippen molar-refractivity contribution < 1.29 is 24.1 Å². The first kappa shape index (κ1) is 13.1. The summed E-state index contributed by atoms with van der Waals surface area (Å²) in [4.78, 5) is 12.5. The fourth-order valence-corrected chi connectivity index (χ4v) is 2.34. The summed E-state index contributed by atoms with van der Waals surface area (Å²) in [5.74, 6) is -1.21. The molecule has 1 aromatic heterocycles. The Balaban J connectivity index is 2.65. The van der Waals surface area contributed by atoms with Gasteiger partial charge in [-0.15, -0.1) is 0 Å². The van der Waals surface area contributed by atoms with Crippen LogP contribution >= 0.6 is 0 Å². The minimum atomic E-state index is -0.481. The number of para-hydroxylation sites is 1. The lowest BCUT2D eigenvalue weighted by atomic mass is 10.1. The molecule has 0 saturated carbocycles. The van der Waals surface area contributed by atoms with Crippen LogP contribution in [0.3, 0.4) is 0 Å². The second kappa shape index (κ2) is 4.59. The number of phenols is 2. The van der Waals surface area contributed by atoms with Crippen LogP contribution in [0, 0.1) is 0 Å².